The second-order valence-electron chi connectivity index (χ2n) is 3.37. The molecule has 1 aromatic carbocycles. The minimum Gasteiger partial charge on any atom is -0.453 e. The summed E-state index contributed by atoms with van der Waals surface area (Å²) < 4.78 is 5.43. The Balaban J connectivity index is 2.38. The quantitative estimate of drug-likeness (QED) is 0.653. The van der Waals surface area contributed by atoms with Crippen LogP contribution < -0.4 is 5.14 Å². The van der Waals surface area contributed by atoms with Gasteiger partial charge in [-0.1, -0.05) is 12.1 Å². The standard InChI is InChI=1S/C12H11NO2S/c1-8(14)11-5-6-12(15-11)9-3-2-4-10(7-9)16-13/h2-7H,13H2,1H3. The number of benzene rings is 1. The fourth-order valence-electron chi connectivity index (χ4n) is 1.40. The molecule has 0 unspecified atom stereocenters. The average Bonchev–Trinajstić information content (AvgIpc) is 2.78. The van der Waals surface area contributed by atoms with Gasteiger partial charge in [0.15, 0.2) is 11.5 Å². The molecule has 0 fully saturated rings. The molecule has 82 valence electrons. The fraction of sp³-hybridized carbons (Fsp3) is 0.0833. The van der Waals surface area contributed by atoms with Gasteiger partial charge in [0, 0.05) is 17.4 Å². The van der Waals surface area contributed by atoms with Crippen molar-refractivity contribution in [3.8, 4) is 11.3 Å². The summed E-state index contributed by atoms with van der Waals surface area (Å²) in [6.45, 7) is 1.48. The highest BCUT2D eigenvalue weighted by atomic mass is 32.2. The van der Waals surface area contributed by atoms with Crippen molar-refractivity contribution in [3.05, 3.63) is 42.2 Å². The summed E-state index contributed by atoms with van der Waals surface area (Å²) in [6, 6.07) is 11.1. The van der Waals surface area contributed by atoms with Crippen LogP contribution in [0, 0.1) is 0 Å². The van der Waals surface area contributed by atoms with E-state index in [9.17, 15) is 4.79 Å². The molecule has 0 aliphatic heterocycles. The van der Waals surface area contributed by atoms with Gasteiger partial charge in [0.2, 0.25) is 0 Å². The summed E-state index contributed by atoms with van der Waals surface area (Å²) >= 11 is 1.18. The minimum absolute atomic E-state index is 0.0735. The van der Waals surface area contributed by atoms with Gasteiger partial charge in [-0.15, -0.1) is 0 Å². The number of rotatable bonds is 3. The van der Waals surface area contributed by atoms with E-state index >= 15 is 0 Å². The van der Waals surface area contributed by atoms with Crippen LogP contribution in [0.5, 0.6) is 0 Å². The molecule has 1 aromatic heterocycles. The van der Waals surface area contributed by atoms with Crippen LogP contribution in [-0.4, -0.2) is 5.78 Å². The van der Waals surface area contributed by atoms with Gasteiger partial charge in [-0.2, -0.15) is 0 Å². The lowest BCUT2D eigenvalue weighted by molar-refractivity contribution is 0.0988. The summed E-state index contributed by atoms with van der Waals surface area (Å²) in [5, 5.41) is 5.48. The molecule has 4 heteroatoms. The summed E-state index contributed by atoms with van der Waals surface area (Å²) in [4.78, 5) is 12.1. The van der Waals surface area contributed by atoms with Gasteiger partial charge in [0.25, 0.3) is 0 Å². The zero-order chi connectivity index (χ0) is 11.5. The zero-order valence-corrected chi connectivity index (χ0v) is 9.58. The largest absolute Gasteiger partial charge is 0.453 e. The van der Waals surface area contributed by atoms with Crippen LogP contribution in [0.25, 0.3) is 11.3 Å². The molecule has 0 saturated carbocycles. The van der Waals surface area contributed by atoms with Crippen LogP contribution in [0.3, 0.4) is 0 Å². The van der Waals surface area contributed by atoms with Crippen LogP contribution in [0.1, 0.15) is 17.5 Å². The molecule has 2 N–H and O–H groups in total. The van der Waals surface area contributed by atoms with E-state index in [1.165, 1.54) is 18.9 Å². The van der Waals surface area contributed by atoms with Crippen LogP contribution in [0.15, 0.2) is 45.7 Å². The second-order valence-corrected chi connectivity index (χ2v) is 4.07. The Morgan fingerprint density at radius 2 is 2.12 bits per heavy atom. The summed E-state index contributed by atoms with van der Waals surface area (Å²) in [5.74, 6) is 0.984. The Morgan fingerprint density at radius 3 is 2.75 bits per heavy atom. The van der Waals surface area contributed by atoms with Gasteiger partial charge in [-0.3, -0.25) is 9.93 Å². The van der Waals surface area contributed by atoms with Crippen molar-refractivity contribution in [3.63, 3.8) is 0 Å². The lowest BCUT2D eigenvalue weighted by Gasteiger charge is -1.99. The molecule has 1 heterocycles. The Hall–Kier alpha value is -1.52. The maximum atomic E-state index is 11.1. The number of carbonyl (C=O) groups is 1. The Bertz CT molecular complexity index is 519. The van der Waals surface area contributed by atoms with E-state index in [0.29, 0.717) is 11.5 Å². The molecule has 2 rings (SSSR count). The lowest BCUT2D eigenvalue weighted by atomic mass is 10.2. The predicted molar refractivity (Wildman–Crippen MR) is 64.2 cm³/mol. The number of furan rings is 1. The molecule has 0 saturated heterocycles. The second kappa shape index (κ2) is 4.55. The molecule has 3 nitrogen and oxygen atoms in total. The van der Waals surface area contributed by atoms with Gasteiger partial charge < -0.3 is 4.42 Å². The van der Waals surface area contributed by atoms with Crippen LogP contribution in [-0.2, 0) is 0 Å². The van der Waals surface area contributed by atoms with Gasteiger partial charge in [0.1, 0.15) is 5.76 Å². The van der Waals surface area contributed by atoms with Crippen molar-refractivity contribution in [1.82, 2.24) is 0 Å². The van der Waals surface area contributed by atoms with Crippen molar-refractivity contribution in [2.75, 3.05) is 0 Å². The molecule has 0 amide bonds. The third-order valence-electron chi connectivity index (χ3n) is 2.21. The third kappa shape index (κ3) is 2.18. The Labute approximate surface area is 97.8 Å². The molecule has 0 aliphatic rings. The first-order valence-electron chi connectivity index (χ1n) is 4.78. The molecule has 0 radical (unpaired) electrons. The number of ketones is 1. The van der Waals surface area contributed by atoms with E-state index in [2.05, 4.69) is 0 Å². The third-order valence-corrected chi connectivity index (χ3v) is 2.73. The van der Waals surface area contributed by atoms with E-state index < -0.39 is 0 Å². The van der Waals surface area contributed by atoms with E-state index in [4.69, 9.17) is 9.56 Å². The molecule has 2 aromatic rings. The van der Waals surface area contributed by atoms with Crippen molar-refractivity contribution >= 4 is 17.7 Å². The van der Waals surface area contributed by atoms with Crippen molar-refractivity contribution in [2.45, 2.75) is 11.8 Å². The molecule has 0 atom stereocenters. The number of carbonyl (C=O) groups excluding carboxylic acids is 1. The molecule has 16 heavy (non-hydrogen) atoms. The van der Waals surface area contributed by atoms with Gasteiger partial charge >= 0.3 is 0 Å². The summed E-state index contributed by atoms with van der Waals surface area (Å²) in [7, 11) is 0. The van der Waals surface area contributed by atoms with Crippen LogP contribution >= 0.6 is 11.9 Å². The number of nitrogens with two attached hydrogens (primary N) is 1. The smallest absolute Gasteiger partial charge is 0.194 e. The highest BCUT2D eigenvalue weighted by Gasteiger charge is 2.08. The van der Waals surface area contributed by atoms with Crippen LogP contribution in [0.2, 0.25) is 0 Å². The first-order chi connectivity index (χ1) is 7.70. The lowest BCUT2D eigenvalue weighted by Crippen LogP contribution is -1.86. The van der Waals surface area contributed by atoms with E-state index in [1.54, 1.807) is 12.1 Å². The average molecular weight is 233 g/mol. The number of Topliss-reactive ketones (excluding diaryl/α,β-unsaturated/α-hetero) is 1. The predicted octanol–water partition coefficient (Wildman–Crippen LogP) is 3.12. The first-order valence-corrected chi connectivity index (χ1v) is 5.66. The SMILES string of the molecule is CC(=O)c1ccc(-c2cccc(SN)c2)o1. The van der Waals surface area contributed by atoms with E-state index in [-0.39, 0.29) is 5.78 Å². The first kappa shape index (κ1) is 11.0. The monoisotopic (exact) mass is 233 g/mol. The zero-order valence-electron chi connectivity index (χ0n) is 8.77. The van der Waals surface area contributed by atoms with Crippen molar-refractivity contribution < 1.29 is 9.21 Å². The van der Waals surface area contributed by atoms with Gasteiger partial charge in [0.05, 0.1) is 0 Å². The number of hydrogen-bond acceptors (Lipinski definition) is 4. The normalized spacial score (nSPS) is 10.4. The molecule has 0 bridgehead atoms. The topological polar surface area (TPSA) is 56.2 Å². The maximum absolute atomic E-state index is 11.1. The minimum atomic E-state index is -0.0735. The molecular weight excluding hydrogens is 222 g/mol. The summed E-state index contributed by atoms with van der Waals surface area (Å²) in [5.41, 5.74) is 0.919. The number of hydrogen-bond donors (Lipinski definition) is 1. The Kier molecular flexibility index (Phi) is 3.12. The van der Waals surface area contributed by atoms with E-state index in [1.807, 2.05) is 24.3 Å². The molecule has 0 aliphatic carbocycles. The van der Waals surface area contributed by atoms with Gasteiger partial charge in [-0.05, 0) is 36.2 Å². The highest BCUT2D eigenvalue weighted by molar-refractivity contribution is 7.97. The molecule has 0 spiro atoms. The fourth-order valence-corrected chi connectivity index (χ4v) is 1.76. The van der Waals surface area contributed by atoms with Crippen molar-refractivity contribution in [1.29, 1.82) is 0 Å². The molecular formula is C12H11NO2S. The van der Waals surface area contributed by atoms with Gasteiger partial charge in [-0.25, -0.2) is 0 Å². The summed E-state index contributed by atoms with van der Waals surface area (Å²) in [6.07, 6.45) is 0. The maximum Gasteiger partial charge on any atom is 0.194 e. The van der Waals surface area contributed by atoms with Crippen molar-refractivity contribution in [2.24, 2.45) is 5.14 Å². The van der Waals surface area contributed by atoms with Crippen LogP contribution in [0.4, 0.5) is 0 Å². The Morgan fingerprint density at radius 1 is 1.31 bits per heavy atom. The van der Waals surface area contributed by atoms with E-state index in [0.717, 1.165) is 10.5 Å². The highest BCUT2D eigenvalue weighted by Crippen LogP contribution is 2.25.